The number of piperazine rings is 1. The number of guanidine groups is 1. The number of likely N-dealkylation sites (N-methyl/N-ethyl adjacent to an activating group) is 1. The van der Waals surface area contributed by atoms with Gasteiger partial charge in [-0.05, 0) is 44.6 Å². The molecule has 1 aromatic heterocycles. The fourth-order valence-electron chi connectivity index (χ4n) is 4.02. The van der Waals surface area contributed by atoms with Gasteiger partial charge in [0.15, 0.2) is 5.96 Å². The standard InChI is InChI=1S/C20H36N6O.HI/c1-3-24-12-14-25(15-13-24)11-8-22-20(21-2)23-17-18(19-7-6-16-27-19)26-9-4-5-10-26;/h6-7,16,18H,3-5,8-15,17H2,1-2H3,(H2,21,22,23);1H. The Kier molecular flexibility index (Phi) is 10.6. The summed E-state index contributed by atoms with van der Waals surface area (Å²) in [5.74, 6) is 1.91. The number of hydrogen-bond acceptors (Lipinski definition) is 5. The molecule has 0 amide bonds. The molecule has 3 rings (SSSR count). The second kappa shape index (κ2) is 12.7. The minimum atomic E-state index is 0. The van der Waals surface area contributed by atoms with Gasteiger partial charge in [0.05, 0.1) is 12.3 Å². The highest BCUT2D eigenvalue weighted by Crippen LogP contribution is 2.24. The maximum absolute atomic E-state index is 5.70. The zero-order valence-corrected chi connectivity index (χ0v) is 19.7. The first-order valence-corrected chi connectivity index (χ1v) is 10.5. The van der Waals surface area contributed by atoms with Gasteiger partial charge in [-0.25, -0.2) is 0 Å². The van der Waals surface area contributed by atoms with Crippen molar-refractivity contribution in [3.05, 3.63) is 24.2 Å². The van der Waals surface area contributed by atoms with Crippen LogP contribution < -0.4 is 10.6 Å². The van der Waals surface area contributed by atoms with E-state index in [2.05, 4.69) is 43.3 Å². The van der Waals surface area contributed by atoms with Crippen LogP contribution in [0.5, 0.6) is 0 Å². The molecular formula is C20H37IN6O. The molecule has 1 aromatic rings. The molecular weight excluding hydrogens is 467 g/mol. The molecule has 1 unspecified atom stereocenters. The van der Waals surface area contributed by atoms with Gasteiger partial charge >= 0.3 is 0 Å². The van der Waals surface area contributed by atoms with Gasteiger partial charge in [0, 0.05) is 52.9 Å². The van der Waals surface area contributed by atoms with E-state index < -0.39 is 0 Å². The summed E-state index contributed by atoms with van der Waals surface area (Å²) in [7, 11) is 1.84. The van der Waals surface area contributed by atoms with Crippen molar-refractivity contribution < 1.29 is 4.42 Å². The normalized spacial score (nSPS) is 20.7. The highest BCUT2D eigenvalue weighted by Gasteiger charge is 2.25. The largest absolute Gasteiger partial charge is 0.468 e. The third-order valence-corrected chi connectivity index (χ3v) is 5.77. The van der Waals surface area contributed by atoms with Crippen molar-refractivity contribution in [3.63, 3.8) is 0 Å². The topological polar surface area (TPSA) is 59.3 Å². The average Bonchev–Trinajstić information content (AvgIpc) is 3.42. The van der Waals surface area contributed by atoms with E-state index in [1.165, 1.54) is 25.9 Å². The second-order valence-electron chi connectivity index (χ2n) is 7.43. The van der Waals surface area contributed by atoms with Crippen LogP contribution in [0.3, 0.4) is 0 Å². The molecule has 1 atom stereocenters. The number of hydrogen-bond donors (Lipinski definition) is 2. The van der Waals surface area contributed by atoms with Crippen LogP contribution in [-0.2, 0) is 0 Å². The predicted octanol–water partition coefficient (Wildman–Crippen LogP) is 1.84. The number of furan rings is 1. The molecule has 28 heavy (non-hydrogen) atoms. The van der Waals surface area contributed by atoms with Gasteiger partial charge in [0.25, 0.3) is 0 Å². The van der Waals surface area contributed by atoms with Crippen molar-refractivity contribution in [2.45, 2.75) is 25.8 Å². The Labute approximate surface area is 186 Å². The van der Waals surface area contributed by atoms with E-state index in [0.717, 1.165) is 64.1 Å². The number of likely N-dealkylation sites (tertiary alicyclic amines) is 1. The minimum absolute atomic E-state index is 0. The number of rotatable bonds is 8. The van der Waals surface area contributed by atoms with Gasteiger partial charge < -0.3 is 20.0 Å². The molecule has 2 aliphatic rings. The lowest BCUT2D eigenvalue weighted by molar-refractivity contribution is 0.139. The first-order chi connectivity index (χ1) is 13.3. The van der Waals surface area contributed by atoms with Crippen molar-refractivity contribution >= 4 is 29.9 Å². The predicted molar refractivity (Wildman–Crippen MR) is 126 cm³/mol. The van der Waals surface area contributed by atoms with Crippen molar-refractivity contribution in [2.75, 3.05) is 72.5 Å². The molecule has 0 radical (unpaired) electrons. The third kappa shape index (κ3) is 6.89. The number of nitrogens with one attached hydrogen (secondary N) is 2. The summed E-state index contributed by atoms with van der Waals surface area (Å²) >= 11 is 0. The van der Waals surface area contributed by atoms with Crippen LogP contribution >= 0.6 is 24.0 Å². The SMILES string of the molecule is CCN1CCN(CCNC(=NC)NCC(c2ccco2)N2CCCC2)CC1.I. The monoisotopic (exact) mass is 504 g/mol. The molecule has 0 aromatic carbocycles. The Morgan fingerprint density at radius 2 is 1.82 bits per heavy atom. The summed E-state index contributed by atoms with van der Waals surface area (Å²) in [6.07, 6.45) is 4.31. The van der Waals surface area contributed by atoms with Crippen molar-refractivity contribution in [1.29, 1.82) is 0 Å². The molecule has 7 nitrogen and oxygen atoms in total. The van der Waals surface area contributed by atoms with E-state index >= 15 is 0 Å². The molecule has 2 N–H and O–H groups in total. The molecule has 0 saturated carbocycles. The average molecular weight is 504 g/mol. The molecule has 8 heteroatoms. The maximum atomic E-state index is 5.70. The van der Waals surface area contributed by atoms with Crippen LogP contribution in [0.25, 0.3) is 0 Å². The molecule has 0 spiro atoms. The Morgan fingerprint density at radius 3 is 2.43 bits per heavy atom. The van der Waals surface area contributed by atoms with Gasteiger partial charge in [-0.2, -0.15) is 0 Å². The van der Waals surface area contributed by atoms with Crippen LogP contribution in [0.1, 0.15) is 31.6 Å². The second-order valence-corrected chi connectivity index (χ2v) is 7.43. The summed E-state index contributed by atoms with van der Waals surface area (Å²) in [6.45, 7) is 13.2. The Balaban J connectivity index is 0.00000280. The highest BCUT2D eigenvalue weighted by molar-refractivity contribution is 14.0. The number of nitrogens with zero attached hydrogens (tertiary/aromatic N) is 4. The fourth-order valence-corrected chi connectivity index (χ4v) is 4.02. The summed E-state index contributed by atoms with van der Waals surface area (Å²) in [4.78, 5) is 11.9. The van der Waals surface area contributed by atoms with Gasteiger partial charge in [0.2, 0.25) is 0 Å². The molecule has 0 bridgehead atoms. The Bertz CT molecular complexity index is 553. The van der Waals surface area contributed by atoms with Crippen molar-refractivity contribution in [3.8, 4) is 0 Å². The van der Waals surface area contributed by atoms with Gasteiger partial charge in [-0.15, -0.1) is 24.0 Å². The molecule has 2 aliphatic heterocycles. The summed E-state index contributed by atoms with van der Waals surface area (Å²) in [6, 6.07) is 4.32. The summed E-state index contributed by atoms with van der Waals surface area (Å²) in [5, 5.41) is 6.97. The quantitative estimate of drug-likeness (QED) is 0.320. The van der Waals surface area contributed by atoms with Crippen LogP contribution in [-0.4, -0.2) is 93.2 Å². The first kappa shape index (κ1) is 23.4. The molecule has 2 saturated heterocycles. The zero-order chi connectivity index (χ0) is 18.9. The lowest BCUT2D eigenvalue weighted by Gasteiger charge is -2.34. The van der Waals surface area contributed by atoms with Crippen LogP contribution in [0.4, 0.5) is 0 Å². The minimum Gasteiger partial charge on any atom is -0.468 e. The lowest BCUT2D eigenvalue weighted by atomic mass is 10.2. The number of aliphatic imine (C=N–C) groups is 1. The van der Waals surface area contributed by atoms with E-state index in [1.807, 2.05) is 13.1 Å². The fraction of sp³-hybridized carbons (Fsp3) is 0.750. The van der Waals surface area contributed by atoms with E-state index in [1.54, 1.807) is 6.26 Å². The zero-order valence-electron chi connectivity index (χ0n) is 17.4. The molecule has 3 heterocycles. The summed E-state index contributed by atoms with van der Waals surface area (Å²) < 4.78 is 5.70. The Morgan fingerprint density at radius 1 is 1.11 bits per heavy atom. The maximum Gasteiger partial charge on any atom is 0.191 e. The van der Waals surface area contributed by atoms with Crippen molar-refractivity contribution in [1.82, 2.24) is 25.3 Å². The van der Waals surface area contributed by atoms with Crippen LogP contribution in [0, 0.1) is 0 Å². The molecule has 2 fully saturated rings. The smallest absolute Gasteiger partial charge is 0.191 e. The van der Waals surface area contributed by atoms with Crippen LogP contribution in [0.2, 0.25) is 0 Å². The van der Waals surface area contributed by atoms with Gasteiger partial charge in [-0.3, -0.25) is 14.8 Å². The van der Waals surface area contributed by atoms with Crippen LogP contribution in [0.15, 0.2) is 27.8 Å². The highest BCUT2D eigenvalue weighted by atomic mass is 127. The molecule has 160 valence electrons. The van der Waals surface area contributed by atoms with E-state index in [-0.39, 0.29) is 30.0 Å². The van der Waals surface area contributed by atoms with Crippen molar-refractivity contribution in [2.24, 2.45) is 4.99 Å². The molecule has 0 aliphatic carbocycles. The Hall–Kier alpha value is -0.840. The third-order valence-electron chi connectivity index (χ3n) is 5.77. The lowest BCUT2D eigenvalue weighted by Crippen LogP contribution is -2.49. The summed E-state index contributed by atoms with van der Waals surface area (Å²) in [5.41, 5.74) is 0. The number of halogens is 1. The first-order valence-electron chi connectivity index (χ1n) is 10.5. The van der Waals surface area contributed by atoms with E-state index in [0.29, 0.717) is 0 Å². The van der Waals surface area contributed by atoms with E-state index in [4.69, 9.17) is 4.42 Å². The van der Waals surface area contributed by atoms with Gasteiger partial charge in [-0.1, -0.05) is 6.92 Å². The van der Waals surface area contributed by atoms with E-state index in [9.17, 15) is 0 Å². The van der Waals surface area contributed by atoms with Gasteiger partial charge in [0.1, 0.15) is 5.76 Å².